The largest absolute Gasteiger partial charge is 0.460 e. The van der Waals surface area contributed by atoms with Gasteiger partial charge in [-0.15, -0.1) is 12.4 Å². The van der Waals surface area contributed by atoms with E-state index < -0.39 is 0 Å². The van der Waals surface area contributed by atoms with Crippen LogP contribution in [-0.2, 0) is 16.1 Å². The molecule has 0 spiro atoms. The number of hydrogen-bond acceptors (Lipinski definition) is 3. The van der Waals surface area contributed by atoms with Crippen molar-refractivity contribution in [1.82, 2.24) is 5.32 Å². The number of ether oxygens (including phenoxy) is 1. The van der Waals surface area contributed by atoms with E-state index in [1.54, 1.807) is 0 Å². The van der Waals surface area contributed by atoms with Crippen molar-refractivity contribution in [3.63, 3.8) is 0 Å². The maximum Gasteiger partial charge on any atom is 0.323 e. The van der Waals surface area contributed by atoms with Gasteiger partial charge < -0.3 is 10.1 Å². The molecule has 1 N–H and O–H groups in total. The number of halogens is 1. The summed E-state index contributed by atoms with van der Waals surface area (Å²) in [5.41, 5.74) is 1.05. The van der Waals surface area contributed by atoms with Crippen LogP contribution >= 0.6 is 12.4 Å². The van der Waals surface area contributed by atoms with Gasteiger partial charge in [-0.2, -0.15) is 0 Å². The van der Waals surface area contributed by atoms with Gasteiger partial charge in [-0.05, 0) is 30.7 Å². The molecular formula is C15H20ClNO2. The van der Waals surface area contributed by atoms with E-state index in [9.17, 15) is 4.79 Å². The lowest BCUT2D eigenvalue weighted by Crippen LogP contribution is -2.36. The van der Waals surface area contributed by atoms with Crippen molar-refractivity contribution in [2.75, 3.05) is 0 Å². The van der Waals surface area contributed by atoms with Gasteiger partial charge in [-0.25, -0.2) is 0 Å². The first-order valence-electron chi connectivity index (χ1n) is 6.79. The van der Waals surface area contributed by atoms with Gasteiger partial charge in [0.05, 0.1) is 0 Å². The van der Waals surface area contributed by atoms with E-state index in [1.165, 1.54) is 19.3 Å². The Hall–Kier alpha value is -1.06. The zero-order valence-corrected chi connectivity index (χ0v) is 11.7. The molecule has 4 heteroatoms. The molecule has 1 aliphatic heterocycles. The van der Waals surface area contributed by atoms with Gasteiger partial charge >= 0.3 is 5.97 Å². The molecule has 0 amide bonds. The van der Waals surface area contributed by atoms with Crippen LogP contribution in [0.1, 0.15) is 31.2 Å². The Kier molecular flexibility index (Phi) is 4.83. The van der Waals surface area contributed by atoms with Crippen LogP contribution in [0.15, 0.2) is 30.3 Å². The Morgan fingerprint density at radius 2 is 2.05 bits per heavy atom. The smallest absolute Gasteiger partial charge is 0.323 e. The van der Waals surface area contributed by atoms with Crippen molar-refractivity contribution in [2.24, 2.45) is 5.92 Å². The second-order valence-electron chi connectivity index (χ2n) is 5.35. The van der Waals surface area contributed by atoms with Gasteiger partial charge in [-0.3, -0.25) is 4.79 Å². The second kappa shape index (κ2) is 6.40. The van der Waals surface area contributed by atoms with Gasteiger partial charge in [0.1, 0.15) is 12.6 Å². The van der Waals surface area contributed by atoms with Crippen molar-refractivity contribution in [1.29, 1.82) is 0 Å². The predicted molar refractivity (Wildman–Crippen MR) is 76.2 cm³/mol. The van der Waals surface area contributed by atoms with E-state index >= 15 is 0 Å². The molecule has 3 rings (SSSR count). The number of benzene rings is 1. The average molecular weight is 282 g/mol. The molecule has 2 aliphatic rings. The second-order valence-corrected chi connectivity index (χ2v) is 5.35. The third-order valence-corrected chi connectivity index (χ3v) is 4.12. The lowest BCUT2D eigenvalue weighted by atomic mass is 10.0. The van der Waals surface area contributed by atoms with Crippen LogP contribution in [0.5, 0.6) is 0 Å². The first-order chi connectivity index (χ1) is 8.83. The highest BCUT2D eigenvalue weighted by Gasteiger charge is 2.40. The van der Waals surface area contributed by atoms with Gasteiger partial charge in [0.15, 0.2) is 0 Å². The topological polar surface area (TPSA) is 38.3 Å². The highest BCUT2D eigenvalue weighted by atomic mass is 35.5. The van der Waals surface area contributed by atoms with Crippen LogP contribution in [0.3, 0.4) is 0 Å². The van der Waals surface area contributed by atoms with Crippen molar-refractivity contribution < 1.29 is 9.53 Å². The summed E-state index contributed by atoms with van der Waals surface area (Å²) in [7, 11) is 0. The van der Waals surface area contributed by atoms with Gasteiger partial charge in [0.2, 0.25) is 0 Å². The molecule has 1 heterocycles. The monoisotopic (exact) mass is 281 g/mol. The first-order valence-corrected chi connectivity index (χ1v) is 6.79. The van der Waals surface area contributed by atoms with E-state index in [0.29, 0.717) is 18.6 Å². The van der Waals surface area contributed by atoms with Crippen molar-refractivity contribution in [3.8, 4) is 0 Å². The molecule has 104 valence electrons. The summed E-state index contributed by atoms with van der Waals surface area (Å²) in [6.45, 7) is 0.382. The molecule has 1 aromatic carbocycles. The molecule has 1 aliphatic carbocycles. The van der Waals surface area contributed by atoms with Gasteiger partial charge in [-0.1, -0.05) is 36.8 Å². The van der Waals surface area contributed by atoms with Crippen molar-refractivity contribution in [2.45, 2.75) is 44.4 Å². The number of nitrogens with one attached hydrogen (secondary N) is 1. The molecule has 0 radical (unpaired) electrons. The summed E-state index contributed by atoms with van der Waals surface area (Å²) in [5.74, 6) is 0.604. The standard InChI is InChI=1S/C15H19NO2.ClH/c17-15(18-10-11-5-2-1-3-6-11)14-9-12-7-4-8-13(12)16-14;/h1-3,5-6,12-14,16H,4,7-10H2;1H/t12-,13-,14-;/m1./s1. The normalized spacial score (nSPS) is 28.5. The Morgan fingerprint density at radius 3 is 2.79 bits per heavy atom. The summed E-state index contributed by atoms with van der Waals surface area (Å²) in [4.78, 5) is 12.0. The summed E-state index contributed by atoms with van der Waals surface area (Å²) in [6, 6.07) is 10.3. The number of esters is 1. The quantitative estimate of drug-likeness (QED) is 0.866. The molecule has 19 heavy (non-hydrogen) atoms. The first kappa shape index (κ1) is 14.4. The average Bonchev–Trinajstić information content (AvgIpc) is 2.98. The zero-order valence-electron chi connectivity index (χ0n) is 10.9. The molecule has 1 aromatic rings. The number of carbonyl (C=O) groups is 1. The minimum atomic E-state index is -0.0896. The van der Waals surface area contributed by atoms with Crippen LogP contribution in [0.25, 0.3) is 0 Å². The van der Waals surface area contributed by atoms with E-state index in [1.807, 2.05) is 30.3 Å². The molecule has 1 saturated heterocycles. The molecule has 1 saturated carbocycles. The third-order valence-electron chi connectivity index (χ3n) is 4.12. The summed E-state index contributed by atoms with van der Waals surface area (Å²) in [5, 5.41) is 3.41. The molecule has 3 nitrogen and oxygen atoms in total. The van der Waals surface area contributed by atoms with E-state index in [2.05, 4.69) is 5.32 Å². The number of carbonyl (C=O) groups excluding carboxylic acids is 1. The fraction of sp³-hybridized carbons (Fsp3) is 0.533. The van der Waals surface area contributed by atoms with Crippen LogP contribution in [0.4, 0.5) is 0 Å². The minimum absolute atomic E-state index is 0. The predicted octanol–water partition coefficient (Wildman–Crippen LogP) is 2.68. The molecular weight excluding hydrogens is 262 g/mol. The van der Waals surface area contributed by atoms with E-state index in [-0.39, 0.29) is 24.4 Å². The maximum atomic E-state index is 12.0. The zero-order chi connectivity index (χ0) is 12.4. The van der Waals surface area contributed by atoms with Crippen LogP contribution in [0, 0.1) is 5.92 Å². The fourth-order valence-corrected chi connectivity index (χ4v) is 3.16. The number of hydrogen-bond donors (Lipinski definition) is 1. The van der Waals surface area contributed by atoms with Crippen LogP contribution < -0.4 is 5.32 Å². The Bertz CT molecular complexity index is 411. The van der Waals surface area contributed by atoms with Crippen LogP contribution in [-0.4, -0.2) is 18.1 Å². The van der Waals surface area contributed by atoms with E-state index in [4.69, 9.17) is 4.74 Å². The Morgan fingerprint density at radius 1 is 1.26 bits per heavy atom. The van der Waals surface area contributed by atoms with Crippen molar-refractivity contribution in [3.05, 3.63) is 35.9 Å². The summed E-state index contributed by atoms with van der Waals surface area (Å²) >= 11 is 0. The van der Waals surface area contributed by atoms with Crippen LogP contribution in [0.2, 0.25) is 0 Å². The Labute approximate surface area is 120 Å². The Balaban J connectivity index is 0.00000133. The lowest BCUT2D eigenvalue weighted by Gasteiger charge is -2.12. The lowest BCUT2D eigenvalue weighted by molar-refractivity contribution is -0.147. The number of fused-ring (bicyclic) bond motifs is 1. The molecule has 2 fully saturated rings. The van der Waals surface area contributed by atoms with Gasteiger partial charge in [0.25, 0.3) is 0 Å². The molecule has 3 atom stereocenters. The molecule has 0 unspecified atom stereocenters. The SMILES string of the molecule is Cl.O=C(OCc1ccccc1)[C@H]1C[C@H]2CCC[C@H]2N1. The minimum Gasteiger partial charge on any atom is -0.460 e. The van der Waals surface area contributed by atoms with Crippen molar-refractivity contribution >= 4 is 18.4 Å². The fourth-order valence-electron chi connectivity index (χ4n) is 3.16. The summed E-state index contributed by atoms with van der Waals surface area (Å²) < 4.78 is 5.38. The van der Waals surface area contributed by atoms with Gasteiger partial charge in [0, 0.05) is 6.04 Å². The third kappa shape index (κ3) is 3.28. The van der Waals surface area contributed by atoms with E-state index in [0.717, 1.165) is 12.0 Å². The summed E-state index contributed by atoms with van der Waals surface area (Å²) in [6.07, 6.45) is 4.74. The molecule has 0 aromatic heterocycles. The molecule has 0 bridgehead atoms. The maximum absolute atomic E-state index is 12.0. The highest BCUT2D eigenvalue weighted by Crippen LogP contribution is 2.34. The highest BCUT2D eigenvalue weighted by molar-refractivity contribution is 5.85. The number of rotatable bonds is 3.